The molecule has 1 aliphatic rings. The second-order valence-corrected chi connectivity index (χ2v) is 4.05. The topological polar surface area (TPSA) is 32.6 Å². The number of benzene rings is 1. The van der Waals surface area contributed by atoms with Gasteiger partial charge in [0.1, 0.15) is 11.5 Å². The maximum absolute atomic E-state index is 5.41. The molecule has 16 heavy (non-hydrogen) atoms. The number of ether oxygens (including phenoxy) is 2. The molecule has 0 spiro atoms. The molecule has 0 N–H and O–H groups in total. The molecule has 0 aromatic heterocycles. The van der Waals surface area contributed by atoms with E-state index in [-0.39, 0.29) is 0 Å². The molecular formula is C13H18NO2. The Morgan fingerprint density at radius 3 is 2.50 bits per heavy atom. The molecule has 1 aromatic rings. The zero-order valence-corrected chi connectivity index (χ0v) is 9.90. The monoisotopic (exact) mass is 220 g/mol. The van der Waals surface area contributed by atoms with E-state index in [1.807, 2.05) is 12.1 Å². The van der Waals surface area contributed by atoms with E-state index in [9.17, 15) is 0 Å². The Balaban J connectivity index is 2.27. The highest BCUT2D eigenvalue weighted by Crippen LogP contribution is 2.35. The van der Waals surface area contributed by atoms with Crippen LogP contribution >= 0.6 is 0 Å². The van der Waals surface area contributed by atoms with Crippen molar-refractivity contribution in [2.45, 2.75) is 18.8 Å². The van der Waals surface area contributed by atoms with E-state index in [1.165, 1.54) is 5.56 Å². The lowest BCUT2D eigenvalue weighted by Gasteiger charge is -2.24. The Labute approximate surface area is 96.8 Å². The summed E-state index contributed by atoms with van der Waals surface area (Å²) in [6.45, 7) is 1.93. The van der Waals surface area contributed by atoms with E-state index in [4.69, 9.17) is 9.47 Å². The van der Waals surface area contributed by atoms with Crippen molar-refractivity contribution in [3.8, 4) is 11.5 Å². The molecule has 2 rings (SSSR count). The third-order valence-electron chi connectivity index (χ3n) is 3.15. The number of nitrogens with zero attached hydrogens (tertiary/aromatic N) is 1. The Morgan fingerprint density at radius 2 is 1.88 bits per heavy atom. The number of hydrogen-bond donors (Lipinski definition) is 0. The van der Waals surface area contributed by atoms with E-state index >= 15 is 0 Å². The van der Waals surface area contributed by atoms with Crippen molar-refractivity contribution >= 4 is 0 Å². The van der Waals surface area contributed by atoms with Crippen LogP contribution in [0.15, 0.2) is 18.2 Å². The van der Waals surface area contributed by atoms with Crippen LogP contribution in [0.5, 0.6) is 11.5 Å². The normalized spacial score (nSPS) is 17.1. The predicted molar refractivity (Wildman–Crippen MR) is 63.4 cm³/mol. The average Bonchev–Trinajstić information content (AvgIpc) is 2.39. The molecule has 1 aromatic carbocycles. The van der Waals surface area contributed by atoms with Crippen LogP contribution in [0.3, 0.4) is 0 Å². The van der Waals surface area contributed by atoms with Gasteiger partial charge >= 0.3 is 0 Å². The lowest BCUT2D eigenvalue weighted by molar-refractivity contribution is 0.382. The molecule has 1 radical (unpaired) electrons. The summed E-state index contributed by atoms with van der Waals surface area (Å²) in [6, 6.07) is 6.02. The fourth-order valence-corrected chi connectivity index (χ4v) is 2.22. The lowest BCUT2D eigenvalue weighted by Crippen LogP contribution is -2.21. The molecule has 0 atom stereocenters. The molecule has 3 heteroatoms. The Kier molecular flexibility index (Phi) is 3.67. The Hall–Kier alpha value is -1.22. The predicted octanol–water partition coefficient (Wildman–Crippen LogP) is 2.19. The Bertz CT molecular complexity index is 346. The van der Waals surface area contributed by atoms with Crippen LogP contribution in [0.4, 0.5) is 0 Å². The lowest BCUT2D eigenvalue weighted by atomic mass is 9.89. The fourth-order valence-electron chi connectivity index (χ4n) is 2.22. The number of hydrogen-bond acceptors (Lipinski definition) is 2. The molecule has 87 valence electrons. The average molecular weight is 220 g/mol. The number of methoxy groups -OCH3 is 2. The van der Waals surface area contributed by atoms with Gasteiger partial charge in [0.2, 0.25) is 0 Å². The molecule has 3 nitrogen and oxygen atoms in total. The van der Waals surface area contributed by atoms with Crippen molar-refractivity contribution in [2.75, 3.05) is 27.3 Å². The summed E-state index contributed by atoms with van der Waals surface area (Å²) in [5.74, 6) is 2.42. The standard InChI is InChI=1S/C13H18NO2/c1-15-11-3-4-13(16-2)12(9-11)10-5-7-14-8-6-10/h3-4,9-10H,5-8H2,1-2H3. The van der Waals surface area contributed by atoms with Gasteiger partial charge in [0.25, 0.3) is 0 Å². The van der Waals surface area contributed by atoms with Crippen molar-refractivity contribution in [1.29, 1.82) is 0 Å². The third kappa shape index (κ3) is 2.30. The highest BCUT2D eigenvalue weighted by molar-refractivity contribution is 5.42. The smallest absolute Gasteiger partial charge is 0.122 e. The number of piperidine rings is 1. The first kappa shape index (κ1) is 11.3. The van der Waals surface area contributed by atoms with E-state index in [0.29, 0.717) is 5.92 Å². The molecule has 1 fully saturated rings. The van der Waals surface area contributed by atoms with Gasteiger partial charge < -0.3 is 9.47 Å². The Morgan fingerprint density at radius 1 is 1.12 bits per heavy atom. The molecule has 0 unspecified atom stereocenters. The first-order chi connectivity index (χ1) is 7.85. The van der Waals surface area contributed by atoms with Gasteiger partial charge in [-0.1, -0.05) is 0 Å². The largest absolute Gasteiger partial charge is 0.497 e. The van der Waals surface area contributed by atoms with E-state index in [1.54, 1.807) is 14.2 Å². The van der Waals surface area contributed by atoms with Crippen LogP contribution in [0.2, 0.25) is 0 Å². The fraction of sp³-hybridized carbons (Fsp3) is 0.538. The minimum absolute atomic E-state index is 0.558. The van der Waals surface area contributed by atoms with Gasteiger partial charge in [-0.3, -0.25) is 0 Å². The SMILES string of the molecule is COc1ccc(OC)c(C2CC[N]CC2)c1. The van der Waals surface area contributed by atoms with Gasteiger partial charge in [0.05, 0.1) is 14.2 Å². The summed E-state index contributed by atoms with van der Waals surface area (Å²) in [5, 5.41) is 4.38. The first-order valence-corrected chi connectivity index (χ1v) is 5.70. The molecule has 1 saturated heterocycles. The maximum atomic E-state index is 5.41. The molecule has 0 bridgehead atoms. The van der Waals surface area contributed by atoms with Gasteiger partial charge in [-0.2, -0.15) is 0 Å². The van der Waals surface area contributed by atoms with Crippen LogP contribution < -0.4 is 14.8 Å². The van der Waals surface area contributed by atoms with Crippen LogP contribution in [0.25, 0.3) is 0 Å². The second kappa shape index (κ2) is 5.21. The number of rotatable bonds is 3. The van der Waals surface area contributed by atoms with E-state index < -0.39 is 0 Å². The minimum Gasteiger partial charge on any atom is -0.497 e. The highest BCUT2D eigenvalue weighted by Gasteiger charge is 2.19. The van der Waals surface area contributed by atoms with Crippen LogP contribution in [0.1, 0.15) is 24.3 Å². The molecule has 0 aliphatic carbocycles. The molecular weight excluding hydrogens is 202 g/mol. The van der Waals surface area contributed by atoms with Gasteiger partial charge in [-0.15, -0.1) is 0 Å². The first-order valence-electron chi connectivity index (χ1n) is 5.70. The van der Waals surface area contributed by atoms with Crippen LogP contribution in [-0.2, 0) is 0 Å². The van der Waals surface area contributed by atoms with Crippen molar-refractivity contribution in [1.82, 2.24) is 5.32 Å². The molecule has 1 heterocycles. The van der Waals surface area contributed by atoms with Crippen molar-refractivity contribution in [2.24, 2.45) is 0 Å². The zero-order chi connectivity index (χ0) is 11.4. The molecule has 1 aliphatic heterocycles. The third-order valence-corrected chi connectivity index (χ3v) is 3.15. The van der Waals surface area contributed by atoms with Crippen LogP contribution in [0, 0.1) is 0 Å². The second-order valence-electron chi connectivity index (χ2n) is 4.05. The van der Waals surface area contributed by atoms with Crippen molar-refractivity contribution in [3.63, 3.8) is 0 Å². The van der Waals surface area contributed by atoms with Gasteiger partial charge in [-0.05, 0) is 37.0 Å². The van der Waals surface area contributed by atoms with Gasteiger partial charge in [0, 0.05) is 18.7 Å². The summed E-state index contributed by atoms with van der Waals surface area (Å²) in [4.78, 5) is 0. The van der Waals surface area contributed by atoms with Gasteiger partial charge in [-0.25, -0.2) is 5.32 Å². The highest BCUT2D eigenvalue weighted by atomic mass is 16.5. The van der Waals surface area contributed by atoms with Gasteiger partial charge in [0.15, 0.2) is 0 Å². The summed E-state index contributed by atoms with van der Waals surface area (Å²) in [7, 11) is 3.42. The van der Waals surface area contributed by atoms with E-state index in [2.05, 4.69) is 11.4 Å². The summed E-state index contributed by atoms with van der Waals surface area (Å²) in [5.41, 5.74) is 1.26. The molecule has 0 amide bonds. The summed E-state index contributed by atoms with van der Waals surface area (Å²) >= 11 is 0. The molecule has 0 saturated carbocycles. The van der Waals surface area contributed by atoms with Crippen molar-refractivity contribution in [3.05, 3.63) is 23.8 Å². The summed E-state index contributed by atoms with van der Waals surface area (Å²) in [6.07, 6.45) is 2.23. The quantitative estimate of drug-likeness (QED) is 0.782. The maximum Gasteiger partial charge on any atom is 0.122 e. The zero-order valence-electron chi connectivity index (χ0n) is 9.90. The summed E-state index contributed by atoms with van der Waals surface area (Å²) < 4.78 is 10.7. The van der Waals surface area contributed by atoms with Crippen molar-refractivity contribution < 1.29 is 9.47 Å². The van der Waals surface area contributed by atoms with E-state index in [0.717, 1.165) is 37.4 Å². The van der Waals surface area contributed by atoms with Crippen LogP contribution in [-0.4, -0.2) is 27.3 Å². The minimum atomic E-state index is 0.558.